The van der Waals surface area contributed by atoms with Crippen LogP contribution in [0.4, 0.5) is 0 Å². The molecule has 12 unspecified atom stereocenters. The molecule has 0 aromatic rings. The van der Waals surface area contributed by atoms with Crippen LogP contribution in [0, 0.1) is 0 Å². The van der Waals surface area contributed by atoms with E-state index in [-0.39, 0.29) is 22.4 Å². The molecule has 0 heterocycles. The molecule has 0 aliphatic carbocycles. The molecular formula is C18H33AuO18S3. The summed E-state index contributed by atoms with van der Waals surface area (Å²) in [5.74, 6) is 0. The maximum absolute atomic E-state index is 10.4. The Kier molecular flexibility index (Phi) is 28.4. The van der Waals surface area contributed by atoms with Crippen LogP contribution in [0.25, 0.3) is 0 Å². The van der Waals surface area contributed by atoms with Crippen LogP contribution in [0.2, 0.25) is 0 Å². The molecule has 0 bridgehead atoms. The third-order valence-corrected chi connectivity index (χ3v) is 5.21. The van der Waals surface area contributed by atoms with E-state index in [1.54, 1.807) is 0 Å². The normalized spacial score (nSPS) is 19.9. The molecule has 0 spiro atoms. The Hall–Kier alpha value is -0.190. The molecule has 0 aromatic carbocycles. The molecule has 0 rings (SSSR count). The van der Waals surface area contributed by atoms with Crippen LogP contribution in [0.1, 0.15) is 0 Å². The number of hydrogen-bond acceptors (Lipinski definition) is 21. The molecule has 0 saturated heterocycles. The van der Waals surface area contributed by atoms with Gasteiger partial charge in [-0.05, 0) is 0 Å². The molecular weight excluding hydrogens is 797 g/mol. The molecule has 0 saturated carbocycles. The van der Waals surface area contributed by atoms with Gasteiger partial charge in [0.15, 0.2) is 0 Å². The number of aliphatic hydroxyl groups excluding tert-OH is 15. The van der Waals surface area contributed by atoms with Crippen molar-refractivity contribution in [2.24, 2.45) is 0 Å². The molecule has 242 valence electrons. The fourth-order valence-electron chi connectivity index (χ4n) is 1.99. The number of aliphatic hydroxyl groups is 15. The van der Waals surface area contributed by atoms with E-state index in [2.05, 4.69) is 37.9 Å². The van der Waals surface area contributed by atoms with Crippen molar-refractivity contribution in [3.63, 3.8) is 0 Å². The Morgan fingerprint density at radius 2 is 0.550 bits per heavy atom. The van der Waals surface area contributed by atoms with Gasteiger partial charge < -0.3 is 129 Å². The first-order valence-corrected chi connectivity index (χ1v) is 11.6. The van der Waals surface area contributed by atoms with E-state index >= 15 is 0 Å². The van der Waals surface area contributed by atoms with Crippen LogP contribution < -0.4 is 0 Å². The van der Waals surface area contributed by atoms with Crippen LogP contribution in [-0.2, 0) is 74.7 Å². The molecule has 18 nitrogen and oxygen atoms in total. The van der Waals surface area contributed by atoms with Crippen molar-refractivity contribution in [2.45, 2.75) is 73.2 Å². The van der Waals surface area contributed by atoms with E-state index in [0.29, 0.717) is 0 Å². The first kappa shape index (κ1) is 46.8. The average Bonchev–Trinajstić information content (AvgIpc) is 2.92. The summed E-state index contributed by atoms with van der Waals surface area (Å²) >= 11 is 12.0. The molecule has 12 atom stereocenters. The second-order valence-corrected chi connectivity index (χ2v) is 8.69. The van der Waals surface area contributed by atoms with Gasteiger partial charge in [-0.25, -0.2) is 0 Å². The van der Waals surface area contributed by atoms with Crippen molar-refractivity contribution in [1.29, 1.82) is 0 Å². The summed E-state index contributed by atoms with van der Waals surface area (Å²) in [4.78, 5) is 31.1. The molecule has 40 heavy (non-hydrogen) atoms. The first-order chi connectivity index (χ1) is 17.7. The fraction of sp³-hybridized carbons (Fsp3) is 0.833. The van der Waals surface area contributed by atoms with Crippen molar-refractivity contribution in [1.82, 2.24) is 0 Å². The standard InChI is InChI=1S/3C6H12O6S.Au/c3*7-1-2(8)3(9)4(10)5(11)6(12)13;/h3*2-5,7-11H,1H2,(H,12,13);/q;;;+3/p-3. The van der Waals surface area contributed by atoms with Gasteiger partial charge in [-0.3, -0.25) is 0 Å². The van der Waals surface area contributed by atoms with Crippen molar-refractivity contribution >= 4 is 53.2 Å². The van der Waals surface area contributed by atoms with Gasteiger partial charge in [-0.1, -0.05) is 0 Å². The zero-order chi connectivity index (χ0) is 31.8. The molecule has 0 fully saturated rings. The summed E-state index contributed by atoms with van der Waals surface area (Å²) < 4.78 is 0. The van der Waals surface area contributed by atoms with Crippen molar-refractivity contribution < 1.29 is 113 Å². The molecule has 22 heteroatoms. The topological polar surface area (TPSA) is 355 Å². The van der Waals surface area contributed by atoms with Crippen molar-refractivity contribution in [3.05, 3.63) is 0 Å². The number of hydrogen-bond donors (Lipinski definition) is 15. The quantitative estimate of drug-likeness (QED) is 0.0538. The van der Waals surface area contributed by atoms with Crippen LogP contribution in [0.15, 0.2) is 0 Å². The van der Waals surface area contributed by atoms with Gasteiger partial charge >= 0.3 is 22.4 Å². The van der Waals surface area contributed by atoms with Crippen LogP contribution in [0.5, 0.6) is 0 Å². The Labute approximate surface area is 258 Å². The fourth-order valence-corrected chi connectivity index (χ4v) is 2.40. The molecule has 0 aliphatic rings. The molecule has 15 N–H and O–H groups in total. The zero-order valence-corrected chi connectivity index (χ0v) is 24.6. The van der Waals surface area contributed by atoms with Gasteiger partial charge in [0.1, 0.15) is 73.2 Å². The summed E-state index contributed by atoms with van der Waals surface area (Å²) in [6.07, 6.45) is -21.8. The van der Waals surface area contributed by atoms with Gasteiger partial charge in [0.25, 0.3) is 0 Å². The summed E-state index contributed by atoms with van der Waals surface area (Å²) in [5.41, 5.74) is 0. The summed E-state index contributed by atoms with van der Waals surface area (Å²) in [7, 11) is 0. The SMILES string of the molecule is O=C([S-])C(O)C(O)C(O)C(O)CO.O=C([S-])C(O)C(O)C(O)C(O)CO.O=C([S-])C(O)C(O)C(O)C(O)CO.[Au+3]. The first-order valence-electron chi connectivity index (χ1n) is 10.4. The minimum atomic E-state index is -1.94. The second-order valence-electron chi connectivity index (χ2n) is 7.48. The molecule has 0 radical (unpaired) electrons. The predicted octanol–water partition coefficient (Wildman–Crippen LogP) is -10.5. The average molecular weight is 831 g/mol. The van der Waals surface area contributed by atoms with E-state index in [1.165, 1.54) is 0 Å². The second kappa shape index (κ2) is 24.3. The van der Waals surface area contributed by atoms with Crippen LogP contribution in [0.3, 0.4) is 0 Å². The Morgan fingerprint density at radius 3 is 0.650 bits per heavy atom. The number of carbonyl (C=O) groups excluding carboxylic acids is 3. The maximum atomic E-state index is 10.4. The minimum Gasteiger partial charge on any atom is -0.739 e. The zero-order valence-electron chi connectivity index (χ0n) is 20.0. The van der Waals surface area contributed by atoms with Gasteiger partial charge in [-0.15, -0.1) is 0 Å². The summed E-state index contributed by atoms with van der Waals surface area (Å²) in [6, 6.07) is 0. The van der Waals surface area contributed by atoms with Gasteiger partial charge in [0.05, 0.1) is 19.8 Å². The van der Waals surface area contributed by atoms with Gasteiger partial charge in [0.2, 0.25) is 0 Å². The third-order valence-electron chi connectivity index (χ3n) is 4.49. The van der Waals surface area contributed by atoms with Crippen LogP contribution in [-0.4, -0.2) is 185 Å². The van der Waals surface area contributed by atoms with Gasteiger partial charge in [0, 0.05) is 15.3 Å². The molecule has 0 aromatic heterocycles. The summed E-state index contributed by atoms with van der Waals surface area (Å²) in [6.45, 7) is -2.39. The number of carbonyl (C=O) groups is 3. The molecule has 0 amide bonds. The summed E-state index contributed by atoms with van der Waals surface area (Å²) in [5, 5.41) is 129. The van der Waals surface area contributed by atoms with E-state index < -0.39 is 108 Å². The van der Waals surface area contributed by atoms with Crippen molar-refractivity contribution in [3.8, 4) is 0 Å². The smallest absolute Gasteiger partial charge is 0.739 e. The largest absolute Gasteiger partial charge is 3.00 e. The van der Waals surface area contributed by atoms with E-state index in [1.807, 2.05) is 0 Å². The Morgan fingerprint density at radius 1 is 0.400 bits per heavy atom. The number of rotatable bonds is 15. The third kappa shape index (κ3) is 17.7. The molecule has 0 aliphatic heterocycles. The van der Waals surface area contributed by atoms with E-state index in [9.17, 15) is 14.4 Å². The van der Waals surface area contributed by atoms with E-state index in [4.69, 9.17) is 76.6 Å². The van der Waals surface area contributed by atoms with Crippen molar-refractivity contribution in [2.75, 3.05) is 19.8 Å². The van der Waals surface area contributed by atoms with Gasteiger partial charge in [-0.2, -0.15) is 0 Å². The maximum Gasteiger partial charge on any atom is 3.00 e. The monoisotopic (exact) mass is 830 g/mol. The Balaban J connectivity index is -0.000000240. The predicted molar refractivity (Wildman–Crippen MR) is 130 cm³/mol. The van der Waals surface area contributed by atoms with Crippen LogP contribution >= 0.6 is 0 Å². The van der Waals surface area contributed by atoms with E-state index in [0.717, 1.165) is 0 Å². The minimum absolute atomic E-state index is 0. The Bertz CT molecular complexity index is 621.